The van der Waals surface area contributed by atoms with E-state index in [4.69, 9.17) is 16.2 Å². The van der Waals surface area contributed by atoms with Gasteiger partial charge in [-0.1, -0.05) is 22.0 Å². The van der Waals surface area contributed by atoms with Crippen LogP contribution in [0.15, 0.2) is 41.0 Å². The Kier molecular flexibility index (Phi) is 3.47. The van der Waals surface area contributed by atoms with E-state index < -0.39 is 5.91 Å². The van der Waals surface area contributed by atoms with Gasteiger partial charge in [0.15, 0.2) is 0 Å². The van der Waals surface area contributed by atoms with E-state index in [1.807, 2.05) is 6.07 Å². The van der Waals surface area contributed by atoms with Crippen LogP contribution < -0.4 is 16.2 Å². The first-order valence-corrected chi connectivity index (χ1v) is 5.84. The Morgan fingerprint density at radius 2 is 2.11 bits per heavy atom. The number of hydrogen-bond acceptors (Lipinski definition) is 4. The molecule has 92 valence electrons. The van der Waals surface area contributed by atoms with Gasteiger partial charge < -0.3 is 16.2 Å². The van der Waals surface area contributed by atoms with Crippen LogP contribution in [-0.2, 0) is 0 Å². The van der Waals surface area contributed by atoms with Crippen molar-refractivity contribution in [2.75, 3.05) is 5.73 Å². The van der Waals surface area contributed by atoms with Gasteiger partial charge in [0, 0.05) is 4.47 Å². The third-order valence-electron chi connectivity index (χ3n) is 2.15. The van der Waals surface area contributed by atoms with Gasteiger partial charge in [0.2, 0.25) is 5.88 Å². The summed E-state index contributed by atoms with van der Waals surface area (Å²) in [5, 5.41) is 0. The molecular formula is C12H10BrN3O2. The molecule has 0 aliphatic rings. The first kappa shape index (κ1) is 12.4. The minimum absolute atomic E-state index is 0.134. The lowest BCUT2D eigenvalue weighted by Gasteiger charge is -2.08. The number of ether oxygens (including phenoxy) is 1. The number of anilines is 1. The molecule has 0 radical (unpaired) electrons. The average Bonchev–Trinajstić information content (AvgIpc) is 2.31. The third kappa shape index (κ3) is 2.78. The zero-order chi connectivity index (χ0) is 13.1. The number of carbonyl (C=O) groups excluding carboxylic acids is 1. The number of amides is 1. The largest absolute Gasteiger partial charge is 0.438 e. The molecule has 1 amide bonds. The number of hydrogen-bond donors (Lipinski definition) is 2. The van der Waals surface area contributed by atoms with E-state index in [1.54, 1.807) is 18.2 Å². The van der Waals surface area contributed by atoms with Crippen LogP contribution in [0, 0.1) is 0 Å². The first-order chi connectivity index (χ1) is 8.56. The number of pyridine rings is 1. The lowest BCUT2D eigenvalue weighted by molar-refractivity contribution is 0.0997. The van der Waals surface area contributed by atoms with E-state index in [-0.39, 0.29) is 11.4 Å². The Hall–Kier alpha value is -2.08. The van der Waals surface area contributed by atoms with Crippen molar-refractivity contribution in [1.29, 1.82) is 0 Å². The van der Waals surface area contributed by atoms with Gasteiger partial charge >= 0.3 is 0 Å². The highest BCUT2D eigenvalue weighted by Crippen LogP contribution is 2.26. The zero-order valence-corrected chi connectivity index (χ0v) is 10.8. The summed E-state index contributed by atoms with van der Waals surface area (Å²) in [5.41, 5.74) is 11.3. The van der Waals surface area contributed by atoms with Gasteiger partial charge in [0.1, 0.15) is 11.3 Å². The Morgan fingerprint density at radius 1 is 1.33 bits per heavy atom. The summed E-state index contributed by atoms with van der Waals surface area (Å²) < 4.78 is 6.37. The Bertz CT molecular complexity index is 602. The van der Waals surface area contributed by atoms with Gasteiger partial charge in [0.05, 0.1) is 11.9 Å². The predicted molar refractivity (Wildman–Crippen MR) is 71.4 cm³/mol. The maximum absolute atomic E-state index is 11.3. The molecule has 0 aliphatic carbocycles. The second-order valence-corrected chi connectivity index (χ2v) is 4.46. The van der Waals surface area contributed by atoms with Crippen molar-refractivity contribution in [1.82, 2.24) is 4.98 Å². The van der Waals surface area contributed by atoms with Crippen LogP contribution in [0.4, 0.5) is 5.69 Å². The topological polar surface area (TPSA) is 91.2 Å². The SMILES string of the molecule is NC(=O)c1cc(N)cnc1Oc1cccc(Br)c1. The standard InChI is InChI=1S/C12H10BrN3O2/c13-7-2-1-3-9(4-7)18-12-10(11(15)17)5-8(14)6-16-12/h1-6H,14H2,(H2,15,17). The van der Waals surface area contributed by atoms with Gasteiger partial charge in [-0.3, -0.25) is 4.79 Å². The maximum atomic E-state index is 11.3. The van der Waals surface area contributed by atoms with E-state index in [2.05, 4.69) is 20.9 Å². The number of aromatic nitrogens is 1. The number of primary amides is 1. The summed E-state index contributed by atoms with van der Waals surface area (Å²) in [6, 6.07) is 8.60. The number of nitrogens with two attached hydrogens (primary N) is 2. The predicted octanol–water partition coefficient (Wildman–Crippen LogP) is 2.32. The number of rotatable bonds is 3. The molecule has 0 saturated carbocycles. The molecule has 6 heteroatoms. The Morgan fingerprint density at radius 3 is 2.78 bits per heavy atom. The van der Waals surface area contributed by atoms with Crippen molar-refractivity contribution >= 4 is 27.5 Å². The molecule has 5 nitrogen and oxygen atoms in total. The fourth-order valence-corrected chi connectivity index (χ4v) is 1.75. The molecule has 0 atom stereocenters. The average molecular weight is 308 g/mol. The molecule has 0 aliphatic heterocycles. The number of benzene rings is 1. The van der Waals surface area contributed by atoms with Crippen LogP contribution in [0.25, 0.3) is 0 Å². The van der Waals surface area contributed by atoms with Gasteiger partial charge in [-0.05, 0) is 24.3 Å². The molecule has 0 unspecified atom stereocenters. The number of halogens is 1. The lowest BCUT2D eigenvalue weighted by Crippen LogP contribution is -2.13. The van der Waals surface area contributed by atoms with Crippen LogP contribution in [0.3, 0.4) is 0 Å². The van der Waals surface area contributed by atoms with Crippen LogP contribution in [0.2, 0.25) is 0 Å². The maximum Gasteiger partial charge on any atom is 0.254 e. The van der Waals surface area contributed by atoms with Gasteiger partial charge in [-0.15, -0.1) is 0 Å². The van der Waals surface area contributed by atoms with Crippen LogP contribution in [0.1, 0.15) is 10.4 Å². The molecule has 0 fully saturated rings. The fraction of sp³-hybridized carbons (Fsp3) is 0. The van der Waals surface area contributed by atoms with Gasteiger partial charge in [0.25, 0.3) is 5.91 Å². The van der Waals surface area contributed by atoms with Crippen molar-refractivity contribution in [2.24, 2.45) is 5.73 Å². The molecule has 1 aromatic carbocycles. The third-order valence-corrected chi connectivity index (χ3v) is 2.64. The first-order valence-electron chi connectivity index (χ1n) is 5.05. The van der Waals surface area contributed by atoms with E-state index in [1.165, 1.54) is 12.3 Å². The van der Waals surface area contributed by atoms with Gasteiger partial charge in [-0.2, -0.15) is 0 Å². The summed E-state index contributed by atoms with van der Waals surface area (Å²) in [6.07, 6.45) is 1.40. The summed E-state index contributed by atoms with van der Waals surface area (Å²) >= 11 is 3.32. The molecule has 2 aromatic rings. The summed E-state index contributed by atoms with van der Waals surface area (Å²) in [6.45, 7) is 0. The number of carbonyl (C=O) groups is 1. The van der Waals surface area contributed by atoms with E-state index in [0.29, 0.717) is 11.4 Å². The minimum atomic E-state index is -0.639. The second kappa shape index (κ2) is 5.05. The lowest BCUT2D eigenvalue weighted by atomic mass is 10.2. The Labute approximate surface area is 112 Å². The summed E-state index contributed by atoms with van der Waals surface area (Å²) in [7, 11) is 0. The Balaban J connectivity index is 2.37. The molecule has 1 aromatic heterocycles. The van der Waals surface area contributed by atoms with Crippen molar-refractivity contribution in [3.8, 4) is 11.6 Å². The number of nitrogen functional groups attached to an aromatic ring is 1. The highest BCUT2D eigenvalue weighted by atomic mass is 79.9. The van der Waals surface area contributed by atoms with Crippen molar-refractivity contribution in [3.05, 3.63) is 46.6 Å². The molecule has 4 N–H and O–H groups in total. The van der Waals surface area contributed by atoms with Gasteiger partial charge in [-0.25, -0.2) is 4.98 Å². The molecule has 2 rings (SSSR count). The molecule has 18 heavy (non-hydrogen) atoms. The smallest absolute Gasteiger partial charge is 0.254 e. The van der Waals surface area contributed by atoms with Crippen LogP contribution in [0.5, 0.6) is 11.6 Å². The van der Waals surface area contributed by atoms with Crippen molar-refractivity contribution < 1.29 is 9.53 Å². The molecule has 0 spiro atoms. The quantitative estimate of drug-likeness (QED) is 0.910. The van der Waals surface area contributed by atoms with Crippen LogP contribution >= 0.6 is 15.9 Å². The van der Waals surface area contributed by atoms with Crippen LogP contribution in [-0.4, -0.2) is 10.9 Å². The minimum Gasteiger partial charge on any atom is -0.438 e. The highest BCUT2D eigenvalue weighted by molar-refractivity contribution is 9.10. The molecule has 0 saturated heterocycles. The molecule has 1 heterocycles. The van der Waals surface area contributed by atoms with Crippen molar-refractivity contribution in [2.45, 2.75) is 0 Å². The monoisotopic (exact) mass is 307 g/mol. The molecular weight excluding hydrogens is 298 g/mol. The second-order valence-electron chi connectivity index (χ2n) is 3.55. The highest BCUT2D eigenvalue weighted by Gasteiger charge is 2.12. The zero-order valence-electron chi connectivity index (χ0n) is 9.26. The number of nitrogens with zero attached hydrogens (tertiary/aromatic N) is 1. The van der Waals surface area contributed by atoms with E-state index in [0.717, 1.165) is 4.47 Å². The van der Waals surface area contributed by atoms with E-state index >= 15 is 0 Å². The van der Waals surface area contributed by atoms with E-state index in [9.17, 15) is 4.79 Å². The summed E-state index contributed by atoms with van der Waals surface area (Å²) in [4.78, 5) is 15.2. The normalized spacial score (nSPS) is 10.1. The molecule has 0 bridgehead atoms. The fourth-order valence-electron chi connectivity index (χ4n) is 1.37. The van der Waals surface area contributed by atoms with Crippen molar-refractivity contribution in [3.63, 3.8) is 0 Å². The summed E-state index contributed by atoms with van der Waals surface area (Å²) in [5.74, 6) is 0.0405.